The zero-order valence-corrected chi connectivity index (χ0v) is 17.9. The van der Waals surface area contributed by atoms with Crippen molar-refractivity contribution in [1.29, 1.82) is 0 Å². The lowest BCUT2D eigenvalue weighted by Gasteiger charge is -2.06. The van der Waals surface area contributed by atoms with E-state index in [1.165, 1.54) is 15.2 Å². The van der Waals surface area contributed by atoms with E-state index in [2.05, 4.69) is 47.6 Å². The largest absolute Gasteiger partial charge is 0.326 e. The van der Waals surface area contributed by atoms with E-state index in [-0.39, 0.29) is 5.91 Å². The molecule has 5 heteroatoms. The lowest BCUT2D eigenvalue weighted by Crippen LogP contribution is -2.11. The van der Waals surface area contributed by atoms with E-state index in [0.29, 0.717) is 6.42 Å². The lowest BCUT2D eigenvalue weighted by molar-refractivity contribution is -0.116. The fourth-order valence-corrected chi connectivity index (χ4v) is 4.80. The minimum Gasteiger partial charge on any atom is -0.326 e. The highest BCUT2D eigenvalue weighted by atomic mass is 32.2. The minimum atomic E-state index is 0.0576. The molecule has 29 heavy (non-hydrogen) atoms. The summed E-state index contributed by atoms with van der Waals surface area (Å²) in [4.78, 5) is 18.1. The first kappa shape index (κ1) is 19.7. The molecule has 4 rings (SSSR count). The number of carbonyl (C=O) groups is 1. The smallest absolute Gasteiger partial charge is 0.224 e. The van der Waals surface area contributed by atoms with Gasteiger partial charge in [-0.3, -0.25) is 4.79 Å². The Bertz CT molecular complexity index is 1070. The Morgan fingerprint density at radius 2 is 1.76 bits per heavy atom. The molecule has 1 amide bonds. The highest BCUT2D eigenvalue weighted by Gasteiger charge is 2.07. The number of aromatic nitrogens is 1. The van der Waals surface area contributed by atoms with Gasteiger partial charge in [-0.25, -0.2) is 4.98 Å². The average Bonchev–Trinajstić information content (AvgIpc) is 3.17. The molecule has 0 atom stereocenters. The van der Waals surface area contributed by atoms with Crippen molar-refractivity contribution in [3.63, 3.8) is 0 Å². The number of anilines is 1. The molecule has 0 unspecified atom stereocenters. The molecule has 3 aromatic carbocycles. The highest BCUT2D eigenvalue weighted by Crippen LogP contribution is 2.30. The van der Waals surface area contributed by atoms with E-state index in [1.807, 2.05) is 42.5 Å². The number of hydrogen-bond donors (Lipinski definition) is 1. The molecule has 0 aliphatic carbocycles. The molecule has 3 nitrogen and oxygen atoms in total. The van der Waals surface area contributed by atoms with Gasteiger partial charge in [-0.15, -0.1) is 23.1 Å². The molecule has 1 aromatic heterocycles. The van der Waals surface area contributed by atoms with Gasteiger partial charge in [0.1, 0.15) is 5.01 Å². The number of thiazole rings is 1. The number of benzene rings is 3. The highest BCUT2D eigenvalue weighted by molar-refractivity contribution is 7.99. The van der Waals surface area contributed by atoms with Gasteiger partial charge in [-0.2, -0.15) is 0 Å². The summed E-state index contributed by atoms with van der Waals surface area (Å²) >= 11 is 3.47. The van der Waals surface area contributed by atoms with Crippen molar-refractivity contribution in [3.8, 4) is 10.6 Å². The van der Waals surface area contributed by atoms with Crippen molar-refractivity contribution < 1.29 is 4.79 Å². The SMILES string of the molecule is Cc1ccc(SCCCC(=O)Nc2ccc(-c3nc4ccccc4s3)cc2)cc1. The Kier molecular flexibility index (Phi) is 6.27. The normalized spacial score (nSPS) is 10.9. The monoisotopic (exact) mass is 418 g/mol. The summed E-state index contributed by atoms with van der Waals surface area (Å²) in [6.45, 7) is 2.09. The number of para-hydroxylation sites is 1. The number of thioether (sulfide) groups is 1. The van der Waals surface area contributed by atoms with Crippen molar-refractivity contribution in [2.75, 3.05) is 11.1 Å². The molecule has 0 aliphatic rings. The molecule has 4 aromatic rings. The fraction of sp³-hybridized carbons (Fsp3) is 0.167. The van der Waals surface area contributed by atoms with Gasteiger partial charge in [0, 0.05) is 22.6 Å². The first-order valence-corrected chi connectivity index (χ1v) is 11.4. The van der Waals surface area contributed by atoms with Crippen molar-refractivity contribution in [1.82, 2.24) is 4.98 Å². The molecule has 0 fully saturated rings. The van der Waals surface area contributed by atoms with Crippen LogP contribution in [0.1, 0.15) is 18.4 Å². The van der Waals surface area contributed by atoms with E-state index in [4.69, 9.17) is 0 Å². The van der Waals surface area contributed by atoms with E-state index in [9.17, 15) is 4.79 Å². The maximum absolute atomic E-state index is 12.2. The van der Waals surface area contributed by atoms with Crippen LogP contribution in [0.25, 0.3) is 20.8 Å². The molecular weight excluding hydrogens is 396 g/mol. The maximum Gasteiger partial charge on any atom is 0.224 e. The van der Waals surface area contributed by atoms with Gasteiger partial charge in [-0.1, -0.05) is 29.8 Å². The molecule has 0 saturated heterocycles. The van der Waals surface area contributed by atoms with Gasteiger partial charge < -0.3 is 5.32 Å². The van der Waals surface area contributed by atoms with Crippen molar-refractivity contribution >= 4 is 44.9 Å². The Morgan fingerprint density at radius 1 is 1.00 bits per heavy atom. The summed E-state index contributed by atoms with van der Waals surface area (Å²) < 4.78 is 1.18. The lowest BCUT2D eigenvalue weighted by atomic mass is 10.2. The summed E-state index contributed by atoms with van der Waals surface area (Å²) in [5.41, 5.74) is 4.18. The van der Waals surface area contributed by atoms with E-state index >= 15 is 0 Å². The van der Waals surface area contributed by atoms with Crippen LogP contribution in [0.3, 0.4) is 0 Å². The Morgan fingerprint density at radius 3 is 2.52 bits per heavy atom. The summed E-state index contributed by atoms with van der Waals surface area (Å²) in [7, 11) is 0. The predicted molar refractivity (Wildman–Crippen MR) is 125 cm³/mol. The number of amides is 1. The van der Waals surface area contributed by atoms with Crippen molar-refractivity contribution in [3.05, 3.63) is 78.4 Å². The van der Waals surface area contributed by atoms with E-state index in [1.54, 1.807) is 23.1 Å². The Labute approximate surface area is 179 Å². The molecule has 0 spiro atoms. The second kappa shape index (κ2) is 9.25. The zero-order valence-electron chi connectivity index (χ0n) is 16.2. The van der Waals surface area contributed by atoms with Crippen LogP contribution in [0.2, 0.25) is 0 Å². The van der Waals surface area contributed by atoms with Gasteiger partial charge in [0.2, 0.25) is 5.91 Å². The van der Waals surface area contributed by atoms with Gasteiger partial charge >= 0.3 is 0 Å². The van der Waals surface area contributed by atoms with Gasteiger partial charge in [0.15, 0.2) is 0 Å². The topological polar surface area (TPSA) is 42.0 Å². The number of rotatable bonds is 7. The molecule has 0 radical (unpaired) electrons. The first-order chi connectivity index (χ1) is 14.2. The van der Waals surface area contributed by atoms with Crippen LogP contribution in [0.4, 0.5) is 5.69 Å². The first-order valence-electron chi connectivity index (χ1n) is 9.63. The number of nitrogens with one attached hydrogen (secondary N) is 1. The maximum atomic E-state index is 12.2. The summed E-state index contributed by atoms with van der Waals surface area (Å²) in [5.74, 6) is 0.995. The molecule has 0 saturated carbocycles. The summed E-state index contributed by atoms with van der Waals surface area (Å²) in [6, 6.07) is 24.6. The predicted octanol–water partition coefficient (Wildman–Crippen LogP) is 6.78. The van der Waals surface area contributed by atoms with Gasteiger partial charge in [0.05, 0.1) is 10.2 Å². The Balaban J connectivity index is 1.27. The standard InChI is InChI=1S/C24H22N2OS2/c1-17-8-14-20(15-9-17)28-16-4-7-23(27)25-19-12-10-18(11-13-19)24-26-21-5-2-3-6-22(21)29-24/h2-3,5-6,8-15H,4,7,16H2,1H3,(H,25,27). The second-order valence-electron chi connectivity index (χ2n) is 6.88. The Hall–Kier alpha value is -2.63. The number of carbonyl (C=O) groups excluding carboxylic acids is 1. The molecule has 1 N–H and O–H groups in total. The number of fused-ring (bicyclic) bond motifs is 1. The third kappa shape index (κ3) is 5.25. The van der Waals surface area contributed by atoms with Crippen molar-refractivity contribution in [2.45, 2.75) is 24.7 Å². The molecule has 1 heterocycles. The van der Waals surface area contributed by atoms with Crippen LogP contribution in [0.15, 0.2) is 77.7 Å². The van der Waals surface area contributed by atoms with E-state index in [0.717, 1.165) is 33.9 Å². The number of hydrogen-bond acceptors (Lipinski definition) is 4. The average molecular weight is 419 g/mol. The summed E-state index contributed by atoms with van der Waals surface area (Å²) in [6.07, 6.45) is 1.38. The summed E-state index contributed by atoms with van der Waals surface area (Å²) in [5, 5.41) is 3.99. The molecular formula is C24H22N2OS2. The number of aryl methyl sites for hydroxylation is 1. The van der Waals surface area contributed by atoms with Gasteiger partial charge in [-0.05, 0) is 67.6 Å². The third-order valence-electron chi connectivity index (χ3n) is 4.55. The number of nitrogens with zero attached hydrogens (tertiary/aromatic N) is 1. The van der Waals surface area contributed by atoms with Crippen LogP contribution in [0, 0.1) is 6.92 Å². The van der Waals surface area contributed by atoms with Gasteiger partial charge in [0.25, 0.3) is 0 Å². The zero-order chi connectivity index (χ0) is 20.1. The molecule has 0 aliphatic heterocycles. The van der Waals surface area contributed by atoms with E-state index < -0.39 is 0 Å². The molecule has 0 bridgehead atoms. The minimum absolute atomic E-state index is 0.0576. The van der Waals surface area contributed by atoms with Crippen molar-refractivity contribution in [2.24, 2.45) is 0 Å². The van der Waals surface area contributed by atoms with Crippen LogP contribution in [-0.2, 0) is 4.79 Å². The van der Waals surface area contributed by atoms with Crippen LogP contribution in [0.5, 0.6) is 0 Å². The second-order valence-corrected chi connectivity index (χ2v) is 9.08. The quantitative estimate of drug-likeness (QED) is 0.266. The third-order valence-corrected chi connectivity index (χ3v) is 6.73. The van der Waals surface area contributed by atoms with Crippen LogP contribution >= 0.6 is 23.1 Å². The van der Waals surface area contributed by atoms with Crippen LogP contribution in [-0.4, -0.2) is 16.6 Å². The van der Waals surface area contributed by atoms with Crippen LogP contribution < -0.4 is 5.32 Å². The molecule has 146 valence electrons. The fourth-order valence-electron chi connectivity index (χ4n) is 2.97.